The summed E-state index contributed by atoms with van der Waals surface area (Å²) in [4.78, 5) is 10.6. The van der Waals surface area contributed by atoms with Gasteiger partial charge >= 0.3 is 0 Å². The molecule has 0 amide bonds. The molecule has 3 aromatic heterocycles. The third-order valence-electron chi connectivity index (χ3n) is 14.8. The maximum Gasteiger partial charge on any atom is 0.160 e. The van der Waals surface area contributed by atoms with Gasteiger partial charge in [0.2, 0.25) is 0 Å². The van der Waals surface area contributed by atoms with E-state index in [4.69, 9.17) is 14.4 Å². The molecule has 1 aliphatic heterocycles. The van der Waals surface area contributed by atoms with E-state index in [0.29, 0.717) is 5.82 Å². The second-order valence-electron chi connectivity index (χ2n) is 18.4. The van der Waals surface area contributed by atoms with Crippen molar-refractivity contribution in [3.05, 3.63) is 259 Å². The van der Waals surface area contributed by atoms with E-state index in [2.05, 4.69) is 223 Å². The molecule has 0 atom stereocenters. The van der Waals surface area contributed by atoms with Gasteiger partial charge in [-0.2, -0.15) is 0 Å². The second-order valence-corrected chi connectivity index (χ2v) is 18.4. The molecule has 0 saturated carbocycles. The predicted molar refractivity (Wildman–Crippen MR) is 282 cm³/mol. The quantitative estimate of drug-likeness (QED) is 0.173. The minimum Gasteiger partial charge on any atom is -0.455 e. The smallest absolute Gasteiger partial charge is 0.160 e. The Morgan fingerprint density at radius 2 is 0.928 bits per heavy atom. The molecule has 1 aliphatic carbocycles. The van der Waals surface area contributed by atoms with Gasteiger partial charge < -0.3 is 8.98 Å². The maximum absolute atomic E-state index is 6.43. The summed E-state index contributed by atoms with van der Waals surface area (Å²) < 4.78 is 8.94. The summed E-state index contributed by atoms with van der Waals surface area (Å²) in [6.07, 6.45) is 0. The lowest BCUT2D eigenvalue weighted by Gasteiger charge is -2.39. The fraction of sp³-hybridized carbons (Fsp3) is 0.0154. The molecular formula is C65H39N3O. The zero-order valence-electron chi connectivity index (χ0n) is 37.3. The van der Waals surface area contributed by atoms with Crippen molar-refractivity contribution in [2.24, 2.45) is 0 Å². The third-order valence-corrected chi connectivity index (χ3v) is 14.8. The van der Waals surface area contributed by atoms with Crippen molar-refractivity contribution in [2.75, 3.05) is 0 Å². The van der Waals surface area contributed by atoms with E-state index in [0.717, 1.165) is 72.3 Å². The van der Waals surface area contributed by atoms with Gasteiger partial charge in [-0.05, 0) is 92.5 Å². The molecule has 1 spiro atoms. The lowest BCUT2D eigenvalue weighted by Crippen LogP contribution is -2.33. The van der Waals surface area contributed by atoms with Crippen molar-refractivity contribution < 1.29 is 4.42 Å². The number of hydrogen-bond donors (Lipinski definition) is 0. The molecule has 4 heteroatoms. The van der Waals surface area contributed by atoms with Crippen LogP contribution in [0.15, 0.2) is 241 Å². The first kappa shape index (κ1) is 38.0. The van der Waals surface area contributed by atoms with E-state index in [9.17, 15) is 0 Å². The van der Waals surface area contributed by atoms with E-state index in [1.807, 2.05) is 18.2 Å². The van der Waals surface area contributed by atoms with Crippen LogP contribution in [-0.2, 0) is 5.41 Å². The van der Waals surface area contributed by atoms with E-state index in [1.54, 1.807) is 0 Å². The zero-order chi connectivity index (χ0) is 45.2. The van der Waals surface area contributed by atoms with Gasteiger partial charge in [0, 0.05) is 43.8 Å². The highest BCUT2D eigenvalue weighted by molar-refractivity contribution is 6.14. The summed E-state index contributed by atoms with van der Waals surface area (Å²) in [6, 6.07) is 85.6. The van der Waals surface area contributed by atoms with Crippen LogP contribution in [0.2, 0.25) is 0 Å². The van der Waals surface area contributed by atoms with Crippen LogP contribution in [-0.4, -0.2) is 14.5 Å². The summed E-state index contributed by atoms with van der Waals surface area (Å²) in [5.41, 5.74) is 21.9. The Hall–Kier alpha value is -9.12. The molecule has 2 aliphatic rings. The molecule has 320 valence electrons. The SMILES string of the molecule is c1ccc(-c2cc(-c3ccc(-c4cccc5c4oc4ccccc45)cc3)nc(-c3cccc(-c4cc5c6c(c4)c4ccccc4n6-c4ccccc4C54c5ccccc5-c5ccccc54)c3)n2)cc1. The van der Waals surface area contributed by atoms with Gasteiger partial charge in [0.15, 0.2) is 5.82 Å². The average Bonchev–Trinajstić information content (AvgIpc) is 4.08. The average molecular weight is 878 g/mol. The molecule has 0 radical (unpaired) electrons. The predicted octanol–water partition coefficient (Wildman–Crippen LogP) is 16.5. The lowest BCUT2D eigenvalue weighted by atomic mass is 9.65. The Balaban J connectivity index is 0.911. The molecule has 4 heterocycles. The molecule has 69 heavy (non-hydrogen) atoms. The number of rotatable bonds is 5. The second kappa shape index (κ2) is 14.4. The van der Waals surface area contributed by atoms with Gasteiger partial charge in [-0.1, -0.05) is 194 Å². The number of benzene rings is 10. The Kier molecular flexibility index (Phi) is 7.96. The normalized spacial score (nSPS) is 13.0. The van der Waals surface area contributed by atoms with Crippen LogP contribution in [0.5, 0.6) is 0 Å². The van der Waals surface area contributed by atoms with Gasteiger partial charge in [-0.3, -0.25) is 0 Å². The van der Waals surface area contributed by atoms with Gasteiger partial charge in [0.05, 0.1) is 33.5 Å². The molecule has 0 unspecified atom stereocenters. The van der Waals surface area contributed by atoms with E-state index < -0.39 is 5.41 Å². The molecule has 4 nitrogen and oxygen atoms in total. The number of fused-ring (bicyclic) bond motifs is 15. The van der Waals surface area contributed by atoms with Crippen molar-refractivity contribution in [2.45, 2.75) is 5.41 Å². The molecule has 0 N–H and O–H groups in total. The first-order valence-electron chi connectivity index (χ1n) is 23.6. The number of aromatic nitrogens is 3. The minimum absolute atomic E-state index is 0.532. The van der Waals surface area contributed by atoms with Gasteiger partial charge in [0.25, 0.3) is 0 Å². The summed E-state index contributed by atoms with van der Waals surface area (Å²) >= 11 is 0. The number of hydrogen-bond acceptors (Lipinski definition) is 3. The summed E-state index contributed by atoms with van der Waals surface area (Å²) in [7, 11) is 0. The molecule has 15 rings (SSSR count). The van der Waals surface area contributed by atoms with Crippen LogP contribution < -0.4 is 0 Å². The fourth-order valence-corrected chi connectivity index (χ4v) is 11.9. The highest BCUT2D eigenvalue weighted by Crippen LogP contribution is 2.61. The topological polar surface area (TPSA) is 43.9 Å². The van der Waals surface area contributed by atoms with Gasteiger partial charge in [-0.15, -0.1) is 0 Å². The highest BCUT2D eigenvalue weighted by Gasteiger charge is 2.50. The third kappa shape index (κ3) is 5.40. The Morgan fingerprint density at radius 3 is 1.72 bits per heavy atom. The maximum atomic E-state index is 6.43. The Morgan fingerprint density at radius 1 is 0.348 bits per heavy atom. The van der Waals surface area contributed by atoms with Crippen LogP contribution in [0.4, 0.5) is 0 Å². The van der Waals surface area contributed by atoms with Crippen molar-refractivity contribution in [3.8, 4) is 73.0 Å². The minimum atomic E-state index is -0.532. The van der Waals surface area contributed by atoms with Crippen molar-refractivity contribution >= 4 is 43.7 Å². The van der Waals surface area contributed by atoms with Crippen molar-refractivity contribution in [3.63, 3.8) is 0 Å². The summed E-state index contributed by atoms with van der Waals surface area (Å²) in [5.74, 6) is 0.674. The first-order valence-corrected chi connectivity index (χ1v) is 23.6. The summed E-state index contributed by atoms with van der Waals surface area (Å²) in [6.45, 7) is 0. The standard InChI is InChI=1S/C65H39N3O/c1-2-16-41(17-3-1)57-39-58(42-34-32-40(33-35-42)46-24-15-25-51-50-23-7-13-31-61(50)69-63(46)51)67-64(66-57)44-19-14-18-43(36-44)45-37-52-49-22-6-11-29-59(49)68-60-30-12-10-28-55(60)65(56(38-45)62(52)68)53-26-8-4-20-47(53)48-21-5-9-27-54(48)65/h1-39H. The van der Waals surface area contributed by atoms with Crippen LogP contribution in [0.3, 0.4) is 0 Å². The molecule has 0 fully saturated rings. The van der Waals surface area contributed by atoms with E-state index in [1.165, 1.54) is 60.9 Å². The number of para-hydroxylation sites is 4. The molecule has 0 bridgehead atoms. The molecule has 13 aromatic rings. The van der Waals surface area contributed by atoms with Gasteiger partial charge in [0.1, 0.15) is 11.2 Å². The molecule has 10 aromatic carbocycles. The van der Waals surface area contributed by atoms with Crippen molar-refractivity contribution in [1.82, 2.24) is 14.5 Å². The molecule has 0 saturated heterocycles. The van der Waals surface area contributed by atoms with Gasteiger partial charge in [-0.25, -0.2) is 9.97 Å². The first-order chi connectivity index (χ1) is 34.2. The summed E-state index contributed by atoms with van der Waals surface area (Å²) in [5, 5.41) is 4.72. The Bertz CT molecular complexity index is 4210. The van der Waals surface area contributed by atoms with Crippen LogP contribution >= 0.6 is 0 Å². The number of nitrogens with zero attached hydrogens (tertiary/aromatic N) is 3. The largest absolute Gasteiger partial charge is 0.455 e. The number of furan rings is 1. The van der Waals surface area contributed by atoms with Crippen LogP contribution in [0, 0.1) is 0 Å². The highest BCUT2D eigenvalue weighted by atomic mass is 16.3. The molecular weight excluding hydrogens is 839 g/mol. The zero-order valence-corrected chi connectivity index (χ0v) is 37.3. The monoisotopic (exact) mass is 877 g/mol. The fourth-order valence-electron chi connectivity index (χ4n) is 11.9. The van der Waals surface area contributed by atoms with E-state index >= 15 is 0 Å². The lowest BCUT2D eigenvalue weighted by molar-refractivity contribution is 0.670. The van der Waals surface area contributed by atoms with E-state index in [-0.39, 0.29) is 0 Å². The Labute approximate surface area is 398 Å². The van der Waals surface area contributed by atoms with Crippen molar-refractivity contribution in [1.29, 1.82) is 0 Å². The van der Waals surface area contributed by atoms with Crippen LogP contribution in [0.1, 0.15) is 22.3 Å². The van der Waals surface area contributed by atoms with Crippen LogP contribution in [0.25, 0.3) is 117 Å².